The summed E-state index contributed by atoms with van der Waals surface area (Å²) in [6.45, 7) is 0.606. The minimum Gasteiger partial charge on any atom is -0.469 e. The second-order valence-corrected chi connectivity index (χ2v) is 10.2. The molecule has 1 aliphatic heterocycles. The number of ketones is 1. The van der Waals surface area contributed by atoms with E-state index in [0.29, 0.717) is 29.4 Å². The molecule has 0 unspecified atom stereocenters. The number of Topliss-reactive ketones (excluding diaryl/α,β-unsaturated/α-hetero) is 1. The van der Waals surface area contributed by atoms with E-state index < -0.39 is 0 Å². The van der Waals surface area contributed by atoms with Crippen molar-refractivity contribution in [2.45, 2.75) is 31.3 Å². The smallest absolute Gasteiger partial charge is 0.163 e. The maximum absolute atomic E-state index is 13.9. The summed E-state index contributed by atoms with van der Waals surface area (Å²) in [5.74, 6) is 0.967. The van der Waals surface area contributed by atoms with Crippen LogP contribution in [0, 0.1) is 0 Å². The van der Waals surface area contributed by atoms with Crippen molar-refractivity contribution in [3.05, 3.63) is 129 Å². The number of rotatable bonds is 4. The van der Waals surface area contributed by atoms with Crippen LogP contribution >= 0.6 is 23.2 Å². The third kappa shape index (κ3) is 4.32. The van der Waals surface area contributed by atoms with Crippen LogP contribution in [0.3, 0.4) is 0 Å². The van der Waals surface area contributed by atoms with Crippen LogP contribution < -0.4 is 10.2 Å². The van der Waals surface area contributed by atoms with Gasteiger partial charge in [0, 0.05) is 40.2 Å². The van der Waals surface area contributed by atoms with Gasteiger partial charge in [0.1, 0.15) is 5.76 Å². The normalized spacial score (nSPS) is 19.4. The molecule has 6 heteroatoms. The van der Waals surface area contributed by atoms with Crippen LogP contribution in [0.2, 0.25) is 10.0 Å². The Kier molecular flexibility index (Phi) is 6.08. The molecule has 4 aromatic rings. The summed E-state index contributed by atoms with van der Waals surface area (Å²) in [7, 11) is 0. The number of carbonyl (C=O) groups excluding carboxylic acids is 1. The van der Waals surface area contributed by atoms with Gasteiger partial charge in [0.25, 0.3) is 0 Å². The van der Waals surface area contributed by atoms with Crippen molar-refractivity contribution in [2.24, 2.45) is 0 Å². The molecule has 6 rings (SSSR count). The van der Waals surface area contributed by atoms with Crippen molar-refractivity contribution < 1.29 is 9.21 Å². The number of para-hydroxylation sites is 2. The number of nitrogens with zero attached hydrogens (tertiary/aromatic N) is 1. The van der Waals surface area contributed by atoms with Crippen LogP contribution in [0.4, 0.5) is 11.4 Å². The van der Waals surface area contributed by atoms with Gasteiger partial charge in [0.15, 0.2) is 5.78 Å². The van der Waals surface area contributed by atoms with Gasteiger partial charge in [-0.2, -0.15) is 0 Å². The highest BCUT2D eigenvalue weighted by atomic mass is 35.5. The molecule has 1 aromatic heterocycles. The summed E-state index contributed by atoms with van der Waals surface area (Å²) in [5.41, 5.74) is 5.87. The quantitative estimate of drug-likeness (QED) is 0.298. The van der Waals surface area contributed by atoms with E-state index in [1.54, 1.807) is 6.26 Å². The molecule has 36 heavy (non-hydrogen) atoms. The molecule has 3 aromatic carbocycles. The number of halogens is 2. The lowest BCUT2D eigenvalue weighted by Crippen LogP contribution is -2.34. The van der Waals surface area contributed by atoms with E-state index in [9.17, 15) is 4.79 Å². The van der Waals surface area contributed by atoms with Gasteiger partial charge in [-0.1, -0.05) is 59.6 Å². The highest BCUT2D eigenvalue weighted by Gasteiger charge is 2.40. The second-order valence-electron chi connectivity index (χ2n) is 9.29. The predicted octanol–water partition coefficient (Wildman–Crippen LogP) is 8.16. The summed E-state index contributed by atoms with van der Waals surface area (Å²) < 4.78 is 5.70. The van der Waals surface area contributed by atoms with Crippen molar-refractivity contribution in [1.29, 1.82) is 0 Å². The highest BCUT2D eigenvalue weighted by molar-refractivity contribution is 6.30. The zero-order valence-corrected chi connectivity index (χ0v) is 21.0. The van der Waals surface area contributed by atoms with Crippen LogP contribution in [-0.4, -0.2) is 5.78 Å². The average Bonchev–Trinajstić information content (AvgIpc) is 3.38. The lowest BCUT2D eigenvalue weighted by Gasteiger charge is -2.36. The Bertz CT molecular complexity index is 1430. The Balaban J connectivity index is 1.53. The number of benzene rings is 3. The van der Waals surface area contributed by atoms with Crippen LogP contribution in [0.1, 0.15) is 41.7 Å². The highest BCUT2D eigenvalue weighted by Crippen LogP contribution is 2.48. The summed E-state index contributed by atoms with van der Waals surface area (Å²) in [6, 6.07) is 27.5. The zero-order valence-electron chi connectivity index (χ0n) is 19.5. The number of furan rings is 1. The van der Waals surface area contributed by atoms with Crippen molar-refractivity contribution in [1.82, 2.24) is 0 Å². The van der Waals surface area contributed by atoms with E-state index in [-0.39, 0.29) is 17.7 Å². The summed E-state index contributed by atoms with van der Waals surface area (Å²) in [5, 5.41) is 5.01. The lowest BCUT2D eigenvalue weighted by molar-refractivity contribution is -0.116. The minimum atomic E-state index is -0.283. The van der Waals surface area contributed by atoms with Crippen molar-refractivity contribution >= 4 is 40.4 Å². The molecule has 0 bridgehead atoms. The Morgan fingerprint density at radius 2 is 1.58 bits per heavy atom. The SMILES string of the molecule is O=C1C[C@@H](c2ccco2)CC2=C1[C@H](c1ccc(Cl)cc1)N(Cc1ccc(Cl)cc1)c1ccccc1N2. The van der Waals surface area contributed by atoms with E-state index in [0.717, 1.165) is 39.5 Å². The number of nitrogens with one attached hydrogen (secondary N) is 1. The standard InChI is InChI=1S/C30H24Cl2N2O2/c31-22-11-7-19(8-12-22)18-34-26-5-2-1-4-24(26)33-25-16-21(28-6-3-15-36-28)17-27(35)29(25)30(34)20-9-13-23(32)14-10-20/h1-15,21,30,33H,16-18H2/t21-,30-/m0/s1. The molecule has 0 amide bonds. The van der Waals surface area contributed by atoms with Gasteiger partial charge in [-0.25, -0.2) is 0 Å². The van der Waals surface area contributed by atoms with Crippen molar-refractivity contribution in [3.8, 4) is 0 Å². The van der Waals surface area contributed by atoms with Crippen LogP contribution in [-0.2, 0) is 11.3 Å². The monoisotopic (exact) mass is 514 g/mol. The van der Waals surface area contributed by atoms with Crippen LogP contribution in [0.25, 0.3) is 0 Å². The fourth-order valence-corrected chi connectivity index (χ4v) is 5.59. The summed E-state index contributed by atoms with van der Waals surface area (Å²) in [6.07, 6.45) is 2.77. The molecule has 2 heterocycles. The number of hydrogen-bond acceptors (Lipinski definition) is 4. The molecule has 0 spiro atoms. The third-order valence-electron chi connectivity index (χ3n) is 6.99. The second kappa shape index (κ2) is 9.53. The average molecular weight is 515 g/mol. The molecule has 0 fully saturated rings. The van der Waals surface area contributed by atoms with Crippen LogP contribution in [0.5, 0.6) is 0 Å². The number of anilines is 2. The van der Waals surface area contributed by atoms with E-state index in [1.807, 2.05) is 72.8 Å². The topological polar surface area (TPSA) is 45.5 Å². The van der Waals surface area contributed by atoms with Gasteiger partial charge >= 0.3 is 0 Å². The Hall–Kier alpha value is -3.47. The Labute approximate surface area is 220 Å². The molecule has 1 N–H and O–H groups in total. The molecule has 180 valence electrons. The molecule has 0 saturated heterocycles. The Morgan fingerprint density at radius 1 is 0.861 bits per heavy atom. The van der Waals surface area contributed by atoms with Gasteiger partial charge in [-0.05, 0) is 66.1 Å². The first-order chi connectivity index (χ1) is 17.6. The maximum Gasteiger partial charge on any atom is 0.163 e. The molecule has 4 nitrogen and oxygen atoms in total. The number of allylic oxidation sites excluding steroid dienone is 1. The molecule has 0 radical (unpaired) electrons. The van der Waals surface area contributed by atoms with Gasteiger partial charge in [-0.3, -0.25) is 4.79 Å². The third-order valence-corrected chi connectivity index (χ3v) is 7.49. The molecule has 2 aliphatic rings. The maximum atomic E-state index is 13.9. The number of hydrogen-bond donors (Lipinski definition) is 1. The first kappa shape index (κ1) is 23.0. The van der Waals surface area contributed by atoms with E-state index in [1.165, 1.54) is 0 Å². The van der Waals surface area contributed by atoms with Gasteiger partial charge in [0.05, 0.1) is 23.7 Å². The van der Waals surface area contributed by atoms with Crippen molar-refractivity contribution in [2.75, 3.05) is 10.2 Å². The van der Waals surface area contributed by atoms with E-state index in [2.05, 4.69) is 22.3 Å². The fourth-order valence-electron chi connectivity index (χ4n) is 5.33. The molecular formula is C30H24Cl2N2O2. The van der Waals surface area contributed by atoms with Crippen LogP contribution in [0.15, 0.2) is 107 Å². The van der Waals surface area contributed by atoms with Gasteiger partial charge in [0.2, 0.25) is 0 Å². The summed E-state index contributed by atoms with van der Waals surface area (Å²) in [4.78, 5) is 16.2. The molecule has 0 saturated carbocycles. The predicted molar refractivity (Wildman–Crippen MR) is 145 cm³/mol. The largest absolute Gasteiger partial charge is 0.469 e. The van der Waals surface area contributed by atoms with Gasteiger partial charge in [-0.15, -0.1) is 0 Å². The molecule has 2 atom stereocenters. The zero-order chi connectivity index (χ0) is 24.6. The lowest BCUT2D eigenvalue weighted by atomic mass is 9.80. The molecule has 1 aliphatic carbocycles. The summed E-state index contributed by atoms with van der Waals surface area (Å²) >= 11 is 12.4. The van der Waals surface area contributed by atoms with E-state index in [4.69, 9.17) is 27.6 Å². The number of carbonyl (C=O) groups is 1. The first-order valence-corrected chi connectivity index (χ1v) is 12.7. The van der Waals surface area contributed by atoms with E-state index >= 15 is 0 Å². The fraction of sp³-hybridized carbons (Fsp3) is 0.167. The number of fused-ring (bicyclic) bond motifs is 1. The minimum absolute atomic E-state index is 0.000375. The molecular weight excluding hydrogens is 491 g/mol. The van der Waals surface area contributed by atoms with Crippen molar-refractivity contribution in [3.63, 3.8) is 0 Å². The Morgan fingerprint density at radius 3 is 2.31 bits per heavy atom. The van der Waals surface area contributed by atoms with Gasteiger partial charge < -0.3 is 14.6 Å². The first-order valence-electron chi connectivity index (χ1n) is 12.0.